The Morgan fingerprint density at radius 2 is 2.33 bits per heavy atom. The van der Waals surface area contributed by atoms with Crippen molar-refractivity contribution in [3.8, 4) is 0 Å². The van der Waals surface area contributed by atoms with E-state index >= 15 is 0 Å². The number of hydrogen-bond acceptors (Lipinski definition) is 2. The van der Waals surface area contributed by atoms with Crippen LogP contribution >= 0.6 is 27.5 Å². The summed E-state index contributed by atoms with van der Waals surface area (Å²) in [6.07, 6.45) is 0. The number of nitrogens with one attached hydrogen (secondary N) is 1. The highest BCUT2D eigenvalue weighted by atomic mass is 79.9. The van der Waals surface area contributed by atoms with Gasteiger partial charge in [0.2, 0.25) is 0 Å². The number of halogens is 2. The second-order valence-electron chi connectivity index (χ2n) is 2.38. The van der Waals surface area contributed by atoms with Crippen molar-refractivity contribution in [1.82, 2.24) is 4.98 Å². The lowest BCUT2D eigenvalue weighted by atomic mass is 10.4. The van der Waals surface area contributed by atoms with Crippen molar-refractivity contribution in [3.63, 3.8) is 0 Å². The van der Waals surface area contributed by atoms with E-state index in [0.717, 1.165) is 22.5 Å². The second kappa shape index (κ2) is 4.67. The Hall–Kier alpha value is -0.280. The van der Waals surface area contributed by atoms with Gasteiger partial charge in [-0.3, -0.25) is 0 Å². The van der Waals surface area contributed by atoms with Crippen molar-refractivity contribution in [2.75, 3.05) is 17.7 Å². The first kappa shape index (κ1) is 9.81. The van der Waals surface area contributed by atoms with Crippen LogP contribution in [0, 0.1) is 6.92 Å². The van der Waals surface area contributed by atoms with Crippen LogP contribution in [-0.2, 0) is 0 Å². The monoisotopic (exact) mass is 248 g/mol. The lowest BCUT2D eigenvalue weighted by molar-refractivity contribution is 1.12. The fourth-order valence-corrected chi connectivity index (χ4v) is 1.13. The van der Waals surface area contributed by atoms with Crippen molar-refractivity contribution >= 4 is 33.3 Å². The quantitative estimate of drug-likeness (QED) is 0.833. The van der Waals surface area contributed by atoms with Gasteiger partial charge in [-0.15, -0.1) is 11.6 Å². The first-order chi connectivity index (χ1) is 5.74. The highest BCUT2D eigenvalue weighted by Crippen LogP contribution is 2.15. The van der Waals surface area contributed by atoms with E-state index in [1.54, 1.807) is 0 Å². The molecule has 0 aliphatic heterocycles. The molecule has 0 atom stereocenters. The molecular formula is C8H10BrClN2. The van der Waals surface area contributed by atoms with E-state index in [9.17, 15) is 0 Å². The maximum Gasteiger partial charge on any atom is 0.126 e. The zero-order valence-corrected chi connectivity index (χ0v) is 9.11. The van der Waals surface area contributed by atoms with Crippen molar-refractivity contribution in [2.45, 2.75) is 6.92 Å². The van der Waals surface area contributed by atoms with Crippen molar-refractivity contribution in [2.24, 2.45) is 0 Å². The normalized spacial score (nSPS) is 9.92. The van der Waals surface area contributed by atoms with Gasteiger partial charge < -0.3 is 5.32 Å². The Kier molecular flexibility index (Phi) is 3.82. The standard InChI is InChI=1S/C8H10BrClN2/c1-6-7(9)2-3-8(12-6)11-5-4-10/h2-3H,4-5H2,1H3,(H,11,12). The fourth-order valence-electron chi connectivity index (χ4n) is 0.818. The maximum atomic E-state index is 5.52. The number of nitrogens with zero attached hydrogens (tertiary/aromatic N) is 1. The summed E-state index contributed by atoms with van der Waals surface area (Å²) < 4.78 is 1.03. The predicted molar refractivity (Wildman–Crippen MR) is 55.9 cm³/mol. The number of aryl methyl sites for hydroxylation is 1. The van der Waals surface area contributed by atoms with Crippen molar-refractivity contribution < 1.29 is 0 Å². The highest BCUT2D eigenvalue weighted by molar-refractivity contribution is 9.10. The third kappa shape index (κ3) is 2.64. The van der Waals surface area contributed by atoms with Crippen LogP contribution in [0.3, 0.4) is 0 Å². The summed E-state index contributed by atoms with van der Waals surface area (Å²) >= 11 is 8.90. The molecule has 0 radical (unpaired) electrons. The number of aromatic nitrogens is 1. The van der Waals surface area contributed by atoms with E-state index in [0.29, 0.717) is 5.88 Å². The molecule has 0 fully saturated rings. The average Bonchev–Trinajstić information content (AvgIpc) is 2.07. The Morgan fingerprint density at radius 1 is 1.58 bits per heavy atom. The van der Waals surface area contributed by atoms with E-state index in [2.05, 4.69) is 26.2 Å². The third-order valence-electron chi connectivity index (χ3n) is 1.42. The minimum absolute atomic E-state index is 0.594. The minimum atomic E-state index is 0.594. The Labute approximate surface area is 85.5 Å². The Morgan fingerprint density at radius 3 is 2.92 bits per heavy atom. The summed E-state index contributed by atoms with van der Waals surface area (Å²) in [5, 5.41) is 3.10. The molecule has 0 aliphatic carbocycles. The van der Waals surface area contributed by atoms with E-state index in [-0.39, 0.29) is 0 Å². The Bertz CT molecular complexity index is 265. The first-order valence-electron chi connectivity index (χ1n) is 3.67. The summed E-state index contributed by atoms with van der Waals surface area (Å²) in [5.41, 5.74) is 0.981. The molecular weight excluding hydrogens is 239 g/mol. The molecule has 0 unspecified atom stereocenters. The molecule has 0 saturated carbocycles. The Balaban J connectivity index is 2.69. The molecule has 0 aliphatic rings. The molecule has 1 aromatic rings. The molecule has 4 heteroatoms. The van der Waals surface area contributed by atoms with Crippen LogP contribution in [0.4, 0.5) is 5.82 Å². The minimum Gasteiger partial charge on any atom is -0.369 e. The smallest absolute Gasteiger partial charge is 0.126 e. The summed E-state index contributed by atoms with van der Waals surface area (Å²) in [4.78, 5) is 4.29. The van der Waals surface area contributed by atoms with Crippen LogP contribution in [-0.4, -0.2) is 17.4 Å². The highest BCUT2D eigenvalue weighted by Gasteiger charge is 1.96. The van der Waals surface area contributed by atoms with Gasteiger partial charge in [0, 0.05) is 16.9 Å². The predicted octanol–water partition coefficient (Wildman–Crippen LogP) is 2.80. The molecule has 1 heterocycles. The summed E-state index contributed by atoms with van der Waals surface area (Å²) in [7, 11) is 0. The summed E-state index contributed by atoms with van der Waals surface area (Å²) in [6, 6.07) is 3.89. The van der Waals surface area contributed by atoms with E-state index in [4.69, 9.17) is 11.6 Å². The van der Waals surface area contributed by atoms with Gasteiger partial charge in [-0.05, 0) is 35.0 Å². The van der Waals surface area contributed by atoms with Crippen molar-refractivity contribution in [3.05, 3.63) is 22.3 Å². The third-order valence-corrected chi connectivity index (χ3v) is 2.45. The number of anilines is 1. The van der Waals surface area contributed by atoms with Gasteiger partial charge in [0.25, 0.3) is 0 Å². The van der Waals surface area contributed by atoms with Crippen LogP contribution in [0.5, 0.6) is 0 Å². The molecule has 1 rings (SSSR count). The van der Waals surface area contributed by atoms with Crippen LogP contribution < -0.4 is 5.32 Å². The largest absolute Gasteiger partial charge is 0.369 e. The molecule has 0 aromatic carbocycles. The molecule has 66 valence electrons. The van der Waals surface area contributed by atoms with Gasteiger partial charge >= 0.3 is 0 Å². The molecule has 0 amide bonds. The van der Waals surface area contributed by atoms with Gasteiger partial charge in [0.15, 0.2) is 0 Å². The zero-order chi connectivity index (χ0) is 8.97. The van der Waals surface area contributed by atoms with Gasteiger partial charge in [-0.2, -0.15) is 0 Å². The summed E-state index contributed by atoms with van der Waals surface area (Å²) in [6.45, 7) is 2.70. The number of rotatable bonds is 3. The molecule has 2 nitrogen and oxygen atoms in total. The number of alkyl halides is 1. The van der Waals surface area contributed by atoms with E-state index in [1.165, 1.54) is 0 Å². The lowest BCUT2D eigenvalue weighted by Crippen LogP contribution is -2.04. The molecule has 1 aromatic heterocycles. The average molecular weight is 250 g/mol. The topological polar surface area (TPSA) is 24.9 Å². The van der Waals surface area contributed by atoms with E-state index < -0.39 is 0 Å². The molecule has 0 spiro atoms. The molecule has 0 saturated heterocycles. The van der Waals surface area contributed by atoms with Crippen LogP contribution in [0.15, 0.2) is 16.6 Å². The summed E-state index contributed by atoms with van der Waals surface area (Å²) in [5.74, 6) is 1.47. The fraction of sp³-hybridized carbons (Fsp3) is 0.375. The van der Waals surface area contributed by atoms with Gasteiger partial charge in [0.1, 0.15) is 5.82 Å². The number of hydrogen-bond donors (Lipinski definition) is 1. The molecule has 0 bridgehead atoms. The van der Waals surface area contributed by atoms with Gasteiger partial charge in [0.05, 0.1) is 5.69 Å². The van der Waals surface area contributed by atoms with Crippen LogP contribution in [0.2, 0.25) is 0 Å². The maximum absolute atomic E-state index is 5.52. The number of pyridine rings is 1. The SMILES string of the molecule is Cc1nc(NCCCl)ccc1Br. The lowest BCUT2D eigenvalue weighted by Gasteiger charge is -2.04. The molecule has 12 heavy (non-hydrogen) atoms. The van der Waals surface area contributed by atoms with Gasteiger partial charge in [-0.1, -0.05) is 0 Å². The van der Waals surface area contributed by atoms with Crippen molar-refractivity contribution in [1.29, 1.82) is 0 Å². The van der Waals surface area contributed by atoms with Crippen LogP contribution in [0.1, 0.15) is 5.69 Å². The van der Waals surface area contributed by atoms with Crippen LogP contribution in [0.25, 0.3) is 0 Å². The molecule has 1 N–H and O–H groups in total. The second-order valence-corrected chi connectivity index (χ2v) is 3.61. The van der Waals surface area contributed by atoms with Gasteiger partial charge in [-0.25, -0.2) is 4.98 Å². The first-order valence-corrected chi connectivity index (χ1v) is 5.00. The van der Waals surface area contributed by atoms with E-state index in [1.807, 2.05) is 19.1 Å². The zero-order valence-electron chi connectivity index (χ0n) is 6.77.